The van der Waals surface area contributed by atoms with Gasteiger partial charge in [-0.2, -0.15) is 11.8 Å². The summed E-state index contributed by atoms with van der Waals surface area (Å²) in [6, 6.07) is 9.82. The molecule has 1 atom stereocenters. The molecule has 1 fully saturated rings. The van der Waals surface area contributed by atoms with Gasteiger partial charge >= 0.3 is 0 Å². The van der Waals surface area contributed by atoms with Crippen LogP contribution >= 0.6 is 11.8 Å². The zero-order chi connectivity index (χ0) is 17.4. The summed E-state index contributed by atoms with van der Waals surface area (Å²) in [6.07, 6.45) is 3.91. The summed E-state index contributed by atoms with van der Waals surface area (Å²) in [5, 5.41) is 0. The number of carbonyl (C=O) groups excluding carboxylic acids is 1. The second-order valence-corrected chi connectivity index (χ2v) is 7.36. The Kier molecular flexibility index (Phi) is 4.29. The lowest BCUT2D eigenvalue weighted by Gasteiger charge is -2.22. The molecular weight excluding hydrogens is 334 g/mol. The number of thioether (sulfide) groups is 1. The first kappa shape index (κ1) is 16.3. The number of nitrogens with one attached hydrogen (secondary N) is 1. The summed E-state index contributed by atoms with van der Waals surface area (Å²) in [4.78, 5) is 22.9. The van der Waals surface area contributed by atoms with Crippen molar-refractivity contribution in [2.45, 2.75) is 31.6 Å². The topological polar surface area (TPSA) is 62.1 Å². The van der Waals surface area contributed by atoms with Crippen molar-refractivity contribution in [3.8, 4) is 0 Å². The molecule has 1 saturated heterocycles. The monoisotopic (exact) mass is 355 g/mol. The normalized spacial score (nSPS) is 17.5. The average molecular weight is 355 g/mol. The van der Waals surface area contributed by atoms with Gasteiger partial charge in [0.25, 0.3) is 5.91 Å². The Bertz CT molecular complexity index is 914. The molecule has 3 aromatic rings. The van der Waals surface area contributed by atoms with Crippen LogP contribution in [0.4, 0.5) is 0 Å². The van der Waals surface area contributed by atoms with Gasteiger partial charge in [-0.3, -0.25) is 4.79 Å². The summed E-state index contributed by atoms with van der Waals surface area (Å²) in [6.45, 7) is 2.80. The minimum absolute atomic E-state index is 0.0192. The van der Waals surface area contributed by atoms with Crippen LogP contribution < -0.4 is 0 Å². The molecule has 1 amide bonds. The highest BCUT2D eigenvalue weighted by Gasteiger charge is 2.34. The van der Waals surface area contributed by atoms with E-state index >= 15 is 0 Å². The third-order valence-electron chi connectivity index (χ3n) is 4.64. The Hall–Kier alpha value is -2.21. The number of likely N-dealkylation sites (tertiary alicyclic amines) is 1. The molecule has 0 spiro atoms. The van der Waals surface area contributed by atoms with E-state index in [1.807, 2.05) is 23.3 Å². The van der Waals surface area contributed by atoms with Crippen molar-refractivity contribution in [1.82, 2.24) is 14.9 Å². The van der Waals surface area contributed by atoms with Gasteiger partial charge in [0.1, 0.15) is 11.6 Å². The molecule has 1 aromatic carbocycles. The number of fused-ring (bicyclic) bond motifs is 1. The molecule has 1 aliphatic rings. The van der Waals surface area contributed by atoms with E-state index in [0.29, 0.717) is 5.76 Å². The van der Waals surface area contributed by atoms with Crippen LogP contribution in [-0.2, 0) is 5.75 Å². The van der Waals surface area contributed by atoms with Crippen molar-refractivity contribution in [2.24, 2.45) is 0 Å². The molecule has 6 heteroatoms. The Morgan fingerprint density at radius 2 is 2.28 bits per heavy atom. The van der Waals surface area contributed by atoms with Crippen LogP contribution in [-0.4, -0.2) is 33.6 Å². The van der Waals surface area contributed by atoms with E-state index in [0.717, 1.165) is 47.8 Å². The number of hydrogen-bond donors (Lipinski definition) is 1. The molecule has 2 aromatic heterocycles. The number of aryl methyl sites for hydroxylation is 1. The molecular formula is C19H21N3O2S. The van der Waals surface area contributed by atoms with E-state index in [9.17, 15) is 4.79 Å². The Morgan fingerprint density at radius 1 is 1.40 bits per heavy atom. The maximum absolute atomic E-state index is 12.9. The number of rotatable bonds is 4. The summed E-state index contributed by atoms with van der Waals surface area (Å²) in [5.41, 5.74) is 3.16. The SMILES string of the molecule is CSCc1ccc(C(=O)N2CCC[C@H]2c2nc3ccc(C)cc3[nH]2)o1. The second-order valence-electron chi connectivity index (χ2n) is 6.50. The van der Waals surface area contributed by atoms with Crippen LogP contribution in [0.2, 0.25) is 0 Å². The zero-order valence-corrected chi connectivity index (χ0v) is 15.2. The molecule has 130 valence electrons. The Labute approximate surface area is 150 Å². The quantitative estimate of drug-likeness (QED) is 0.758. The van der Waals surface area contributed by atoms with Gasteiger partial charge < -0.3 is 14.3 Å². The third kappa shape index (κ3) is 3.06. The third-order valence-corrected chi connectivity index (χ3v) is 5.22. The van der Waals surface area contributed by atoms with Crippen molar-refractivity contribution in [2.75, 3.05) is 12.8 Å². The molecule has 0 bridgehead atoms. The average Bonchev–Trinajstić information content (AvgIpc) is 3.32. The van der Waals surface area contributed by atoms with Gasteiger partial charge in [0, 0.05) is 6.54 Å². The summed E-state index contributed by atoms with van der Waals surface area (Å²) in [7, 11) is 0. The Balaban J connectivity index is 1.61. The number of imidazole rings is 1. The summed E-state index contributed by atoms with van der Waals surface area (Å²) < 4.78 is 5.71. The molecule has 1 aliphatic heterocycles. The zero-order valence-electron chi connectivity index (χ0n) is 14.4. The predicted octanol–water partition coefficient (Wildman–Crippen LogP) is 4.30. The number of amides is 1. The minimum atomic E-state index is -0.0495. The number of H-pyrrole nitrogens is 1. The maximum Gasteiger partial charge on any atom is 0.290 e. The number of nitrogens with zero attached hydrogens (tertiary/aromatic N) is 2. The first-order valence-corrected chi connectivity index (χ1v) is 9.90. The van der Waals surface area contributed by atoms with Gasteiger partial charge in [-0.05, 0) is 55.9 Å². The standard InChI is InChI=1S/C19H21N3O2S/c1-12-5-7-14-15(10-12)21-18(20-14)16-4-3-9-22(16)19(23)17-8-6-13(24-17)11-25-2/h5-8,10,16H,3-4,9,11H2,1-2H3,(H,20,21)/t16-/m0/s1. The van der Waals surface area contributed by atoms with E-state index in [-0.39, 0.29) is 11.9 Å². The number of benzene rings is 1. The number of aromatic nitrogens is 2. The highest BCUT2D eigenvalue weighted by Crippen LogP contribution is 2.33. The van der Waals surface area contributed by atoms with Gasteiger partial charge in [-0.15, -0.1) is 0 Å². The van der Waals surface area contributed by atoms with Gasteiger partial charge in [-0.25, -0.2) is 4.98 Å². The molecule has 0 unspecified atom stereocenters. The largest absolute Gasteiger partial charge is 0.455 e. The van der Waals surface area contributed by atoms with E-state index in [4.69, 9.17) is 9.40 Å². The van der Waals surface area contributed by atoms with E-state index in [1.54, 1.807) is 17.8 Å². The minimum Gasteiger partial charge on any atom is -0.455 e. The molecule has 4 rings (SSSR count). The molecule has 0 radical (unpaired) electrons. The fourth-order valence-corrected chi connectivity index (χ4v) is 3.89. The van der Waals surface area contributed by atoms with E-state index in [1.165, 1.54) is 5.56 Å². The number of carbonyl (C=O) groups is 1. The number of hydrogen-bond acceptors (Lipinski definition) is 4. The second kappa shape index (κ2) is 6.59. The lowest BCUT2D eigenvalue weighted by molar-refractivity contribution is 0.0696. The van der Waals surface area contributed by atoms with Crippen molar-refractivity contribution in [1.29, 1.82) is 0 Å². The lowest BCUT2D eigenvalue weighted by Crippen LogP contribution is -2.30. The molecule has 3 heterocycles. The molecule has 0 saturated carbocycles. The fourth-order valence-electron chi connectivity index (χ4n) is 3.45. The van der Waals surface area contributed by atoms with E-state index in [2.05, 4.69) is 24.0 Å². The Morgan fingerprint density at radius 3 is 3.12 bits per heavy atom. The van der Waals surface area contributed by atoms with Crippen molar-refractivity contribution >= 4 is 28.7 Å². The van der Waals surface area contributed by atoms with Crippen molar-refractivity contribution in [3.63, 3.8) is 0 Å². The molecule has 25 heavy (non-hydrogen) atoms. The van der Waals surface area contributed by atoms with Gasteiger partial charge in [0.15, 0.2) is 5.76 Å². The van der Waals surface area contributed by atoms with Crippen LogP contribution in [0.3, 0.4) is 0 Å². The smallest absolute Gasteiger partial charge is 0.290 e. The van der Waals surface area contributed by atoms with Gasteiger partial charge in [0.2, 0.25) is 0 Å². The maximum atomic E-state index is 12.9. The highest BCUT2D eigenvalue weighted by atomic mass is 32.2. The van der Waals surface area contributed by atoms with Crippen LogP contribution in [0.1, 0.15) is 46.6 Å². The van der Waals surface area contributed by atoms with Crippen molar-refractivity contribution in [3.05, 3.63) is 53.2 Å². The van der Waals surface area contributed by atoms with Crippen molar-refractivity contribution < 1.29 is 9.21 Å². The van der Waals surface area contributed by atoms with Crippen LogP contribution in [0.5, 0.6) is 0 Å². The highest BCUT2D eigenvalue weighted by molar-refractivity contribution is 7.97. The lowest BCUT2D eigenvalue weighted by atomic mass is 10.2. The first-order chi connectivity index (χ1) is 12.2. The molecule has 5 nitrogen and oxygen atoms in total. The fraction of sp³-hybridized carbons (Fsp3) is 0.368. The van der Waals surface area contributed by atoms with Gasteiger partial charge in [0.05, 0.1) is 22.8 Å². The summed E-state index contributed by atoms with van der Waals surface area (Å²) >= 11 is 1.68. The molecule has 0 aliphatic carbocycles. The van der Waals surface area contributed by atoms with Crippen LogP contribution in [0.15, 0.2) is 34.7 Å². The summed E-state index contributed by atoms with van der Waals surface area (Å²) in [5.74, 6) is 2.85. The number of aromatic amines is 1. The predicted molar refractivity (Wildman–Crippen MR) is 99.8 cm³/mol. The van der Waals surface area contributed by atoms with Gasteiger partial charge in [-0.1, -0.05) is 6.07 Å². The van der Waals surface area contributed by atoms with Crippen LogP contribution in [0, 0.1) is 6.92 Å². The molecule has 1 N–H and O–H groups in total. The van der Waals surface area contributed by atoms with Crippen LogP contribution in [0.25, 0.3) is 11.0 Å². The number of furan rings is 1. The first-order valence-electron chi connectivity index (χ1n) is 8.50. The van der Waals surface area contributed by atoms with E-state index < -0.39 is 0 Å².